The van der Waals surface area contributed by atoms with E-state index in [4.69, 9.17) is 4.74 Å². The minimum absolute atomic E-state index is 0.00520. The Morgan fingerprint density at radius 1 is 1.39 bits per heavy atom. The molecule has 3 N–H and O–H groups in total. The van der Waals surface area contributed by atoms with E-state index in [-0.39, 0.29) is 23.4 Å². The van der Waals surface area contributed by atoms with E-state index in [1.807, 2.05) is 0 Å². The van der Waals surface area contributed by atoms with E-state index < -0.39 is 24.0 Å². The van der Waals surface area contributed by atoms with Crippen molar-refractivity contribution in [1.29, 1.82) is 0 Å². The number of benzene rings is 1. The topological polar surface area (TPSA) is 107 Å². The number of ether oxygens (including phenoxy) is 1. The summed E-state index contributed by atoms with van der Waals surface area (Å²) in [4.78, 5) is 33.3. The summed E-state index contributed by atoms with van der Waals surface area (Å²) in [5.41, 5.74) is -0.339. The predicted molar refractivity (Wildman–Crippen MR) is 137 cm³/mol. The average Bonchev–Trinajstić information content (AvgIpc) is 3.27. The fourth-order valence-electron chi connectivity index (χ4n) is 4.85. The number of aliphatic hydroxyl groups excluding tert-OH is 1. The number of carbonyl (C=O) groups is 2. The third-order valence-corrected chi connectivity index (χ3v) is 7.72. The number of alkyl halides is 3. The summed E-state index contributed by atoms with van der Waals surface area (Å²) < 4.78 is 45.8. The summed E-state index contributed by atoms with van der Waals surface area (Å²) in [5.74, 6) is -0.543. The van der Waals surface area contributed by atoms with Crippen molar-refractivity contribution in [3.63, 3.8) is 0 Å². The highest BCUT2D eigenvalue weighted by molar-refractivity contribution is 7.19. The van der Waals surface area contributed by atoms with Gasteiger partial charge in [-0.2, -0.15) is 13.2 Å². The third kappa shape index (κ3) is 4.57. The van der Waals surface area contributed by atoms with Crippen LogP contribution in [0.3, 0.4) is 0 Å². The lowest BCUT2D eigenvalue weighted by molar-refractivity contribution is -0.138. The molecule has 0 saturated carbocycles. The maximum Gasteiger partial charge on any atom is 0.420 e. The summed E-state index contributed by atoms with van der Waals surface area (Å²) >= 11 is 1.16. The van der Waals surface area contributed by atoms with Gasteiger partial charge in [0.1, 0.15) is 16.8 Å². The highest BCUT2D eigenvalue weighted by atomic mass is 32.1. The van der Waals surface area contributed by atoms with Gasteiger partial charge in [0, 0.05) is 25.3 Å². The van der Waals surface area contributed by atoms with Gasteiger partial charge < -0.3 is 20.1 Å². The SMILES string of the molecule is C=CC(=O)N1CCC[C@@H](NC(O)c2sc3nccc4c3c2NC(=O)N4c2ccc(OC)c(C(F)(F)F)c2)C1. The molecule has 0 aliphatic carbocycles. The van der Waals surface area contributed by atoms with Gasteiger partial charge >= 0.3 is 12.2 Å². The number of nitrogens with one attached hydrogen (secondary N) is 2. The number of thiophene rings is 1. The van der Waals surface area contributed by atoms with Crippen molar-refractivity contribution < 1.29 is 32.6 Å². The largest absolute Gasteiger partial charge is 0.496 e. The molecule has 0 bridgehead atoms. The van der Waals surface area contributed by atoms with Crippen molar-refractivity contribution >= 4 is 50.6 Å². The highest BCUT2D eigenvalue weighted by Gasteiger charge is 2.38. The molecule has 13 heteroatoms. The van der Waals surface area contributed by atoms with E-state index in [1.165, 1.54) is 24.4 Å². The number of hydrogen-bond donors (Lipinski definition) is 3. The first-order valence-electron chi connectivity index (χ1n) is 11.8. The molecule has 4 heterocycles. The normalized spacial score (nSPS) is 18.3. The van der Waals surface area contributed by atoms with Crippen LogP contribution < -0.4 is 20.3 Å². The van der Waals surface area contributed by atoms with Crippen LogP contribution in [0.2, 0.25) is 0 Å². The first kappa shape index (κ1) is 25.9. The van der Waals surface area contributed by atoms with E-state index in [2.05, 4.69) is 22.2 Å². The number of aromatic nitrogens is 1. The number of amides is 3. The number of rotatable bonds is 6. The Balaban J connectivity index is 1.50. The van der Waals surface area contributed by atoms with Crippen molar-refractivity contribution in [1.82, 2.24) is 15.2 Å². The number of piperidine rings is 1. The van der Waals surface area contributed by atoms with Crippen LogP contribution in [0.5, 0.6) is 5.75 Å². The summed E-state index contributed by atoms with van der Waals surface area (Å²) in [6.07, 6.45) is -1.66. The number of hydrogen-bond acceptors (Lipinski definition) is 7. The fraction of sp³-hybridized carbons (Fsp3) is 0.320. The highest BCUT2D eigenvalue weighted by Crippen LogP contribution is 2.48. The number of urea groups is 1. The number of carbonyl (C=O) groups excluding carboxylic acids is 2. The minimum atomic E-state index is -4.69. The van der Waals surface area contributed by atoms with E-state index in [1.54, 1.807) is 4.90 Å². The molecule has 2 aromatic heterocycles. The first-order valence-corrected chi connectivity index (χ1v) is 12.6. The molecule has 1 fully saturated rings. The Labute approximate surface area is 219 Å². The second kappa shape index (κ2) is 9.89. The van der Waals surface area contributed by atoms with Crippen LogP contribution >= 0.6 is 11.3 Å². The molecule has 2 aliphatic rings. The molecular weight excluding hydrogens is 523 g/mol. The number of likely N-dealkylation sites (tertiary alicyclic amines) is 1. The molecule has 2 atom stereocenters. The van der Waals surface area contributed by atoms with Crippen LogP contribution in [0.25, 0.3) is 10.2 Å². The number of halogens is 3. The zero-order valence-corrected chi connectivity index (χ0v) is 21.0. The lowest BCUT2D eigenvalue weighted by atomic mass is 10.0. The predicted octanol–water partition coefficient (Wildman–Crippen LogP) is 4.76. The zero-order chi connectivity index (χ0) is 27.2. The third-order valence-electron chi connectivity index (χ3n) is 6.57. The van der Waals surface area contributed by atoms with Gasteiger partial charge in [-0.25, -0.2) is 9.78 Å². The number of pyridine rings is 1. The van der Waals surface area contributed by atoms with Gasteiger partial charge in [0.25, 0.3) is 0 Å². The molecule has 0 radical (unpaired) electrons. The zero-order valence-electron chi connectivity index (χ0n) is 20.2. The molecule has 200 valence electrons. The van der Waals surface area contributed by atoms with E-state index in [0.717, 1.165) is 48.3 Å². The standard InChI is InChI=1S/C25H24F3N5O4S/c1-3-18(34)32-10-4-5-13(12-32)30-22(35)21-20-19-16(8-9-29-23(19)38-21)33(24(36)31-20)14-6-7-17(37-2)15(11-14)25(26,27)28/h3,6-9,11,13,22,30,35H,1,4-5,10,12H2,2H3,(H,31,36)/t13-,22?/m1/s1. The Hall–Kier alpha value is -3.68. The van der Waals surface area contributed by atoms with Crippen molar-refractivity contribution in [3.8, 4) is 5.75 Å². The number of nitrogens with zero attached hydrogens (tertiary/aromatic N) is 3. The molecule has 3 amide bonds. The van der Waals surface area contributed by atoms with Gasteiger partial charge in [0.2, 0.25) is 5.91 Å². The summed E-state index contributed by atoms with van der Waals surface area (Å²) in [6, 6.07) is 4.06. The van der Waals surface area contributed by atoms with Crippen molar-refractivity contribution in [2.75, 3.05) is 30.4 Å². The van der Waals surface area contributed by atoms with Crippen molar-refractivity contribution in [2.24, 2.45) is 0 Å². The molecule has 2 aliphatic heterocycles. The van der Waals surface area contributed by atoms with Crippen LogP contribution in [-0.4, -0.2) is 53.2 Å². The Morgan fingerprint density at radius 2 is 2.18 bits per heavy atom. The second-order valence-electron chi connectivity index (χ2n) is 8.90. The molecule has 5 rings (SSSR count). The van der Waals surface area contributed by atoms with Crippen LogP contribution in [0.15, 0.2) is 43.1 Å². The van der Waals surface area contributed by atoms with Gasteiger partial charge in [-0.15, -0.1) is 11.3 Å². The van der Waals surface area contributed by atoms with E-state index in [9.17, 15) is 27.9 Å². The van der Waals surface area contributed by atoms with Gasteiger partial charge in [0.05, 0.1) is 40.0 Å². The first-order chi connectivity index (χ1) is 18.1. The van der Waals surface area contributed by atoms with Crippen molar-refractivity contribution in [3.05, 3.63) is 53.6 Å². The van der Waals surface area contributed by atoms with Crippen LogP contribution in [0, 0.1) is 0 Å². The Morgan fingerprint density at radius 3 is 2.89 bits per heavy atom. The Kier molecular flexibility index (Phi) is 6.75. The van der Waals surface area contributed by atoms with Crippen LogP contribution in [0.1, 0.15) is 29.5 Å². The lowest BCUT2D eigenvalue weighted by Gasteiger charge is -2.34. The monoisotopic (exact) mass is 547 g/mol. The molecule has 9 nitrogen and oxygen atoms in total. The summed E-state index contributed by atoms with van der Waals surface area (Å²) in [6.45, 7) is 4.52. The van der Waals surface area contributed by atoms with Gasteiger partial charge in [0.15, 0.2) is 0 Å². The quantitative estimate of drug-likeness (QED) is 0.303. The van der Waals surface area contributed by atoms with E-state index >= 15 is 0 Å². The van der Waals surface area contributed by atoms with Gasteiger partial charge in [-0.1, -0.05) is 6.58 Å². The minimum Gasteiger partial charge on any atom is -0.496 e. The molecule has 1 saturated heterocycles. The maximum atomic E-state index is 13.7. The van der Waals surface area contributed by atoms with Gasteiger partial charge in [-0.3, -0.25) is 15.0 Å². The molecule has 3 aromatic rings. The number of methoxy groups -OCH3 is 1. The maximum absolute atomic E-state index is 13.7. The van der Waals surface area contributed by atoms with Crippen LogP contribution in [-0.2, 0) is 11.0 Å². The number of anilines is 3. The Bertz CT molecular complexity index is 1430. The molecule has 1 aromatic carbocycles. The molecular formula is C25H24F3N5O4S. The molecule has 0 spiro atoms. The second-order valence-corrected chi connectivity index (χ2v) is 9.93. The molecule has 1 unspecified atom stereocenters. The van der Waals surface area contributed by atoms with Crippen LogP contribution in [0.4, 0.5) is 35.0 Å². The fourth-order valence-corrected chi connectivity index (χ4v) is 5.92. The number of aliphatic hydroxyl groups is 1. The smallest absolute Gasteiger partial charge is 0.420 e. The van der Waals surface area contributed by atoms with Gasteiger partial charge in [-0.05, 0) is 43.2 Å². The summed E-state index contributed by atoms with van der Waals surface area (Å²) in [7, 11) is 1.14. The average molecular weight is 548 g/mol. The van der Waals surface area contributed by atoms with E-state index in [0.29, 0.717) is 39.6 Å². The summed E-state index contributed by atoms with van der Waals surface area (Å²) in [5, 5.41) is 17.4. The van der Waals surface area contributed by atoms with Crippen molar-refractivity contribution in [2.45, 2.75) is 31.3 Å². The molecule has 38 heavy (non-hydrogen) atoms. The lowest BCUT2D eigenvalue weighted by Crippen LogP contribution is -2.48.